The molecule has 2 aromatic heterocycles. The van der Waals surface area contributed by atoms with E-state index in [2.05, 4.69) is 22.1 Å². The molecule has 0 fully saturated rings. The van der Waals surface area contributed by atoms with Crippen LogP contribution < -0.4 is 4.74 Å². The van der Waals surface area contributed by atoms with Gasteiger partial charge < -0.3 is 9.72 Å². The number of aromatic amines is 1. The second kappa shape index (κ2) is 4.99. The van der Waals surface area contributed by atoms with Crippen LogP contribution in [0.1, 0.15) is 11.1 Å². The number of pyridine rings is 1. The Morgan fingerprint density at radius 1 is 1.19 bits per heavy atom. The van der Waals surface area contributed by atoms with Crippen molar-refractivity contribution in [3.63, 3.8) is 0 Å². The van der Waals surface area contributed by atoms with Crippen LogP contribution in [0.15, 0.2) is 36.7 Å². The summed E-state index contributed by atoms with van der Waals surface area (Å²) in [5, 5.41) is 19.2. The number of methoxy groups -OCH3 is 1. The fourth-order valence-corrected chi connectivity index (χ4v) is 2.33. The topological polar surface area (TPSA) is 85.5 Å². The summed E-state index contributed by atoms with van der Waals surface area (Å²) < 4.78 is 5.32. The van der Waals surface area contributed by atoms with Gasteiger partial charge in [0.2, 0.25) is 0 Å². The standard InChI is InChI=1S/C16H10N4O/c1-21-15-4-5-19-9-13(15)16-12(8-18)11-6-10(7-17)2-3-14(11)20-16/h2-6,9,20H,1H3. The normalized spacial score (nSPS) is 10.0. The zero-order valence-corrected chi connectivity index (χ0v) is 11.2. The largest absolute Gasteiger partial charge is 0.496 e. The van der Waals surface area contributed by atoms with Gasteiger partial charge in [0.05, 0.1) is 35.6 Å². The van der Waals surface area contributed by atoms with Gasteiger partial charge in [0.1, 0.15) is 11.8 Å². The van der Waals surface area contributed by atoms with E-state index in [9.17, 15) is 5.26 Å². The van der Waals surface area contributed by atoms with Crippen LogP contribution in [-0.4, -0.2) is 17.1 Å². The van der Waals surface area contributed by atoms with Crippen molar-refractivity contribution < 1.29 is 4.74 Å². The van der Waals surface area contributed by atoms with Gasteiger partial charge in [0.15, 0.2) is 0 Å². The molecule has 0 unspecified atom stereocenters. The third-order valence-corrected chi connectivity index (χ3v) is 3.31. The first-order chi connectivity index (χ1) is 10.3. The number of fused-ring (bicyclic) bond motifs is 1. The second-order valence-electron chi connectivity index (χ2n) is 4.43. The Kier molecular flexibility index (Phi) is 3.02. The fraction of sp³-hybridized carbons (Fsp3) is 0.0625. The Hall–Kier alpha value is -3.31. The van der Waals surface area contributed by atoms with Gasteiger partial charge in [-0.3, -0.25) is 4.98 Å². The Balaban J connectivity index is 2.34. The summed E-state index contributed by atoms with van der Waals surface area (Å²) in [5.74, 6) is 0.633. The number of benzene rings is 1. The minimum atomic E-state index is 0.480. The van der Waals surface area contributed by atoms with Crippen molar-refractivity contribution in [2.24, 2.45) is 0 Å². The lowest BCUT2D eigenvalue weighted by atomic mass is 10.1. The molecule has 5 nitrogen and oxygen atoms in total. The highest BCUT2D eigenvalue weighted by Crippen LogP contribution is 2.34. The molecule has 0 bridgehead atoms. The Labute approximate surface area is 121 Å². The molecule has 21 heavy (non-hydrogen) atoms. The zero-order chi connectivity index (χ0) is 14.8. The minimum absolute atomic E-state index is 0.480. The predicted molar refractivity (Wildman–Crippen MR) is 77.5 cm³/mol. The molecule has 0 radical (unpaired) electrons. The highest BCUT2D eigenvalue weighted by molar-refractivity contribution is 5.95. The molecule has 0 aliphatic rings. The number of H-pyrrole nitrogens is 1. The lowest BCUT2D eigenvalue weighted by Crippen LogP contribution is -1.90. The molecule has 0 amide bonds. The zero-order valence-electron chi connectivity index (χ0n) is 11.2. The molecular formula is C16H10N4O. The lowest BCUT2D eigenvalue weighted by Gasteiger charge is -2.05. The molecule has 5 heteroatoms. The van der Waals surface area contributed by atoms with Crippen LogP contribution in [0.5, 0.6) is 5.75 Å². The summed E-state index contributed by atoms with van der Waals surface area (Å²) in [4.78, 5) is 7.29. The van der Waals surface area contributed by atoms with E-state index in [1.54, 1.807) is 43.8 Å². The van der Waals surface area contributed by atoms with Gasteiger partial charge in [-0.15, -0.1) is 0 Å². The summed E-state index contributed by atoms with van der Waals surface area (Å²) in [6.07, 6.45) is 3.28. The smallest absolute Gasteiger partial charge is 0.131 e. The van der Waals surface area contributed by atoms with E-state index < -0.39 is 0 Å². The van der Waals surface area contributed by atoms with Crippen molar-refractivity contribution in [1.29, 1.82) is 10.5 Å². The van der Waals surface area contributed by atoms with Crippen molar-refractivity contribution in [3.8, 4) is 29.1 Å². The Morgan fingerprint density at radius 3 is 2.76 bits per heavy atom. The molecule has 3 aromatic rings. The van der Waals surface area contributed by atoms with Crippen LogP contribution in [0.3, 0.4) is 0 Å². The summed E-state index contributed by atoms with van der Waals surface area (Å²) in [6.45, 7) is 0. The Morgan fingerprint density at radius 2 is 2.05 bits per heavy atom. The number of nitrogens with one attached hydrogen (secondary N) is 1. The molecule has 1 aromatic carbocycles. The quantitative estimate of drug-likeness (QED) is 0.778. The molecule has 0 aliphatic carbocycles. The molecule has 0 atom stereocenters. The molecule has 2 heterocycles. The second-order valence-corrected chi connectivity index (χ2v) is 4.43. The minimum Gasteiger partial charge on any atom is -0.496 e. The average Bonchev–Trinajstić information content (AvgIpc) is 2.91. The fourth-order valence-electron chi connectivity index (χ4n) is 2.33. The van der Waals surface area contributed by atoms with E-state index in [4.69, 9.17) is 10.00 Å². The van der Waals surface area contributed by atoms with E-state index in [1.165, 1.54) is 0 Å². The summed E-state index contributed by atoms with van der Waals surface area (Å²) in [6, 6.07) is 11.2. The van der Waals surface area contributed by atoms with Crippen molar-refractivity contribution in [1.82, 2.24) is 9.97 Å². The monoisotopic (exact) mass is 274 g/mol. The van der Waals surface area contributed by atoms with Crippen LogP contribution in [-0.2, 0) is 0 Å². The number of nitrogens with zero attached hydrogens (tertiary/aromatic N) is 3. The molecule has 0 aliphatic heterocycles. The van der Waals surface area contributed by atoms with Gasteiger partial charge in [-0.05, 0) is 24.3 Å². The van der Waals surface area contributed by atoms with Gasteiger partial charge in [-0.2, -0.15) is 10.5 Å². The molecule has 1 N–H and O–H groups in total. The maximum Gasteiger partial charge on any atom is 0.131 e. The third-order valence-electron chi connectivity index (χ3n) is 3.31. The molecular weight excluding hydrogens is 264 g/mol. The van der Waals surface area contributed by atoms with Crippen LogP contribution in [0, 0.1) is 22.7 Å². The first-order valence-corrected chi connectivity index (χ1v) is 6.22. The molecule has 3 rings (SSSR count). The van der Waals surface area contributed by atoms with E-state index in [-0.39, 0.29) is 0 Å². The van der Waals surface area contributed by atoms with Crippen LogP contribution in [0.2, 0.25) is 0 Å². The number of nitriles is 2. The maximum absolute atomic E-state index is 9.48. The first-order valence-electron chi connectivity index (χ1n) is 6.22. The number of ether oxygens (including phenoxy) is 1. The highest BCUT2D eigenvalue weighted by atomic mass is 16.5. The average molecular weight is 274 g/mol. The van der Waals surface area contributed by atoms with E-state index in [1.807, 2.05) is 0 Å². The number of aromatic nitrogens is 2. The van der Waals surface area contributed by atoms with Gasteiger partial charge in [-0.25, -0.2) is 0 Å². The summed E-state index contributed by atoms with van der Waals surface area (Å²) in [7, 11) is 1.57. The highest BCUT2D eigenvalue weighted by Gasteiger charge is 2.16. The molecule has 0 saturated heterocycles. The van der Waals surface area contributed by atoms with Crippen molar-refractivity contribution in [2.75, 3.05) is 7.11 Å². The predicted octanol–water partition coefficient (Wildman–Crippen LogP) is 2.98. The van der Waals surface area contributed by atoms with Crippen molar-refractivity contribution >= 4 is 10.9 Å². The number of hydrogen-bond acceptors (Lipinski definition) is 4. The lowest BCUT2D eigenvalue weighted by molar-refractivity contribution is 0.416. The third kappa shape index (κ3) is 1.98. The molecule has 100 valence electrons. The number of hydrogen-bond donors (Lipinski definition) is 1. The molecule has 0 saturated carbocycles. The van der Waals surface area contributed by atoms with Gasteiger partial charge in [-0.1, -0.05) is 0 Å². The van der Waals surface area contributed by atoms with Crippen LogP contribution >= 0.6 is 0 Å². The molecule has 0 spiro atoms. The summed E-state index contributed by atoms with van der Waals surface area (Å²) in [5.41, 5.74) is 3.15. The maximum atomic E-state index is 9.48. The van der Waals surface area contributed by atoms with Gasteiger partial charge >= 0.3 is 0 Å². The van der Waals surface area contributed by atoms with Crippen molar-refractivity contribution in [2.45, 2.75) is 0 Å². The van der Waals surface area contributed by atoms with Gasteiger partial charge in [0.25, 0.3) is 0 Å². The van der Waals surface area contributed by atoms with E-state index >= 15 is 0 Å². The SMILES string of the molecule is COc1ccncc1-c1[nH]c2ccc(C#N)cc2c1C#N. The van der Waals surface area contributed by atoms with Gasteiger partial charge in [0, 0.05) is 23.3 Å². The summed E-state index contributed by atoms with van der Waals surface area (Å²) >= 11 is 0. The van der Waals surface area contributed by atoms with E-state index in [0.29, 0.717) is 28.1 Å². The van der Waals surface area contributed by atoms with E-state index in [0.717, 1.165) is 10.9 Å². The Bertz CT molecular complexity index is 912. The van der Waals surface area contributed by atoms with Crippen LogP contribution in [0.4, 0.5) is 0 Å². The van der Waals surface area contributed by atoms with Crippen molar-refractivity contribution in [3.05, 3.63) is 47.8 Å². The number of rotatable bonds is 2. The van der Waals surface area contributed by atoms with Crippen LogP contribution in [0.25, 0.3) is 22.2 Å². The first kappa shape index (κ1) is 12.7.